The Morgan fingerprint density at radius 3 is 2.82 bits per heavy atom. The second kappa shape index (κ2) is 3.32. The highest BCUT2D eigenvalue weighted by molar-refractivity contribution is 5.91. The lowest BCUT2D eigenvalue weighted by atomic mass is 10.0. The molecule has 0 saturated carbocycles. The van der Waals surface area contributed by atoms with E-state index in [1.807, 2.05) is 6.07 Å². The molecule has 3 rings (SSSR count). The van der Waals surface area contributed by atoms with Crippen LogP contribution >= 0.6 is 0 Å². The maximum absolute atomic E-state index is 11.0. The molecule has 17 heavy (non-hydrogen) atoms. The van der Waals surface area contributed by atoms with Gasteiger partial charge in [0, 0.05) is 23.7 Å². The van der Waals surface area contributed by atoms with Gasteiger partial charge in [0.2, 0.25) is 0 Å². The minimum absolute atomic E-state index is 0.262. The molecule has 1 aromatic heterocycles. The summed E-state index contributed by atoms with van der Waals surface area (Å²) in [5, 5.41) is 12.2. The SMILES string of the molecule is Cc1c(C)n2c3c(c([N+](=O)[O-])ccc13)CCC2. The van der Waals surface area contributed by atoms with Crippen LogP contribution in [0.25, 0.3) is 10.9 Å². The minimum Gasteiger partial charge on any atom is -0.344 e. The largest absolute Gasteiger partial charge is 0.344 e. The Kier molecular flexibility index (Phi) is 2.02. The van der Waals surface area contributed by atoms with Gasteiger partial charge in [-0.3, -0.25) is 10.1 Å². The van der Waals surface area contributed by atoms with Crippen LogP contribution in [0.1, 0.15) is 23.2 Å². The van der Waals surface area contributed by atoms with Gasteiger partial charge in [-0.15, -0.1) is 0 Å². The van der Waals surface area contributed by atoms with Crippen molar-refractivity contribution in [3.8, 4) is 0 Å². The van der Waals surface area contributed by atoms with Crippen LogP contribution in [0.5, 0.6) is 0 Å². The Morgan fingerprint density at radius 1 is 1.35 bits per heavy atom. The Bertz CT molecular complexity index is 641. The van der Waals surface area contributed by atoms with Gasteiger partial charge < -0.3 is 4.57 Å². The zero-order valence-corrected chi connectivity index (χ0v) is 9.99. The molecule has 88 valence electrons. The van der Waals surface area contributed by atoms with Crippen molar-refractivity contribution in [3.63, 3.8) is 0 Å². The molecule has 1 aromatic carbocycles. The minimum atomic E-state index is -0.262. The van der Waals surface area contributed by atoms with Crippen molar-refractivity contribution in [1.29, 1.82) is 0 Å². The van der Waals surface area contributed by atoms with Gasteiger partial charge >= 0.3 is 0 Å². The highest BCUT2D eigenvalue weighted by Crippen LogP contribution is 2.36. The second-order valence-corrected chi connectivity index (χ2v) is 4.68. The standard InChI is InChI=1S/C13H14N2O2/c1-8-9(2)14-7-3-4-11-12(15(16)17)6-5-10(8)13(11)14/h5-6H,3-4,7H2,1-2H3. The maximum Gasteiger partial charge on any atom is 0.274 e. The molecule has 1 aliphatic rings. The second-order valence-electron chi connectivity index (χ2n) is 4.68. The van der Waals surface area contributed by atoms with Crippen LogP contribution in [0.3, 0.4) is 0 Å². The van der Waals surface area contributed by atoms with Gasteiger partial charge in [-0.2, -0.15) is 0 Å². The molecular formula is C13H14N2O2. The fourth-order valence-corrected chi connectivity index (χ4v) is 2.91. The van der Waals surface area contributed by atoms with Gasteiger partial charge in [0.1, 0.15) is 0 Å². The molecule has 0 bridgehead atoms. The molecule has 0 saturated heterocycles. The first kappa shape index (κ1) is 10.3. The number of nitro groups is 1. The molecule has 4 heteroatoms. The summed E-state index contributed by atoms with van der Waals surface area (Å²) in [6.45, 7) is 5.16. The molecule has 0 N–H and O–H groups in total. The zero-order valence-electron chi connectivity index (χ0n) is 9.99. The van der Waals surface area contributed by atoms with Crippen molar-refractivity contribution >= 4 is 16.6 Å². The molecule has 0 aliphatic carbocycles. The summed E-state index contributed by atoms with van der Waals surface area (Å²) < 4.78 is 2.23. The van der Waals surface area contributed by atoms with E-state index in [0.29, 0.717) is 0 Å². The Morgan fingerprint density at radius 2 is 2.12 bits per heavy atom. The molecular weight excluding hydrogens is 216 g/mol. The van der Waals surface area contributed by atoms with E-state index in [-0.39, 0.29) is 10.6 Å². The number of nitro benzene ring substituents is 1. The molecule has 4 nitrogen and oxygen atoms in total. The van der Waals surface area contributed by atoms with E-state index in [4.69, 9.17) is 0 Å². The van der Waals surface area contributed by atoms with Crippen molar-refractivity contribution in [3.05, 3.63) is 39.1 Å². The summed E-state index contributed by atoms with van der Waals surface area (Å²) in [6.07, 6.45) is 1.80. The maximum atomic E-state index is 11.0. The Labute approximate surface area is 99.0 Å². The normalized spacial score (nSPS) is 14.2. The van der Waals surface area contributed by atoms with Crippen LogP contribution in [0.4, 0.5) is 5.69 Å². The lowest BCUT2D eigenvalue weighted by Crippen LogP contribution is -2.10. The molecule has 0 atom stereocenters. The highest BCUT2D eigenvalue weighted by atomic mass is 16.6. The summed E-state index contributed by atoms with van der Waals surface area (Å²) in [6, 6.07) is 3.54. The lowest BCUT2D eigenvalue weighted by molar-refractivity contribution is -0.385. The summed E-state index contributed by atoms with van der Waals surface area (Å²) in [7, 11) is 0. The summed E-state index contributed by atoms with van der Waals surface area (Å²) in [5.41, 5.74) is 4.76. The number of nitrogens with zero attached hydrogens (tertiary/aromatic N) is 2. The smallest absolute Gasteiger partial charge is 0.274 e. The fraction of sp³-hybridized carbons (Fsp3) is 0.385. The molecule has 2 heterocycles. The van der Waals surface area contributed by atoms with E-state index >= 15 is 0 Å². The number of rotatable bonds is 1. The fourth-order valence-electron chi connectivity index (χ4n) is 2.91. The van der Waals surface area contributed by atoms with Crippen LogP contribution in [0.15, 0.2) is 12.1 Å². The topological polar surface area (TPSA) is 48.1 Å². The monoisotopic (exact) mass is 230 g/mol. The van der Waals surface area contributed by atoms with Crippen molar-refractivity contribution in [2.75, 3.05) is 0 Å². The molecule has 2 aromatic rings. The van der Waals surface area contributed by atoms with Gasteiger partial charge in [0.25, 0.3) is 5.69 Å². The summed E-state index contributed by atoms with van der Waals surface area (Å²) >= 11 is 0. The van der Waals surface area contributed by atoms with E-state index in [0.717, 1.165) is 30.5 Å². The Balaban J connectivity index is 2.48. The quantitative estimate of drug-likeness (QED) is 0.558. The van der Waals surface area contributed by atoms with Crippen LogP contribution in [0, 0.1) is 24.0 Å². The third kappa shape index (κ3) is 1.24. The van der Waals surface area contributed by atoms with E-state index in [2.05, 4.69) is 18.4 Å². The van der Waals surface area contributed by atoms with E-state index in [9.17, 15) is 10.1 Å². The van der Waals surface area contributed by atoms with E-state index in [1.54, 1.807) is 6.07 Å². The van der Waals surface area contributed by atoms with Gasteiger partial charge in [-0.25, -0.2) is 0 Å². The number of benzene rings is 1. The molecule has 0 unspecified atom stereocenters. The molecule has 0 fully saturated rings. The molecule has 0 spiro atoms. The third-order valence-corrected chi connectivity index (χ3v) is 3.88. The third-order valence-electron chi connectivity index (χ3n) is 3.88. The van der Waals surface area contributed by atoms with Crippen molar-refractivity contribution in [2.45, 2.75) is 33.2 Å². The predicted octanol–water partition coefficient (Wildman–Crippen LogP) is 3.11. The van der Waals surface area contributed by atoms with Gasteiger partial charge in [-0.05, 0) is 38.3 Å². The average Bonchev–Trinajstić information content (AvgIpc) is 2.57. The lowest BCUT2D eigenvalue weighted by Gasteiger charge is -2.16. The van der Waals surface area contributed by atoms with Crippen LogP contribution in [-0.4, -0.2) is 9.49 Å². The van der Waals surface area contributed by atoms with Crippen molar-refractivity contribution in [1.82, 2.24) is 4.57 Å². The molecule has 1 aliphatic heterocycles. The number of aryl methyl sites for hydroxylation is 3. The molecule has 0 amide bonds. The predicted molar refractivity (Wildman–Crippen MR) is 66.4 cm³/mol. The summed E-state index contributed by atoms with van der Waals surface area (Å²) in [4.78, 5) is 10.8. The van der Waals surface area contributed by atoms with Crippen molar-refractivity contribution < 1.29 is 4.92 Å². The van der Waals surface area contributed by atoms with Crippen LogP contribution in [-0.2, 0) is 13.0 Å². The first-order valence-corrected chi connectivity index (χ1v) is 5.87. The van der Waals surface area contributed by atoms with Crippen molar-refractivity contribution in [2.24, 2.45) is 0 Å². The summed E-state index contributed by atoms with van der Waals surface area (Å²) in [5.74, 6) is 0. The highest BCUT2D eigenvalue weighted by Gasteiger charge is 2.24. The first-order valence-electron chi connectivity index (χ1n) is 5.87. The van der Waals surface area contributed by atoms with Gasteiger partial charge in [0.05, 0.1) is 16.0 Å². The molecule has 0 radical (unpaired) electrons. The van der Waals surface area contributed by atoms with Crippen LogP contribution in [0.2, 0.25) is 0 Å². The number of hydrogen-bond acceptors (Lipinski definition) is 2. The Hall–Kier alpha value is -1.84. The van der Waals surface area contributed by atoms with Gasteiger partial charge in [-0.1, -0.05) is 0 Å². The van der Waals surface area contributed by atoms with E-state index < -0.39 is 0 Å². The van der Waals surface area contributed by atoms with Gasteiger partial charge in [0.15, 0.2) is 0 Å². The first-order chi connectivity index (χ1) is 8.11. The average molecular weight is 230 g/mol. The van der Waals surface area contributed by atoms with Crippen LogP contribution < -0.4 is 0 Å². The zero-order chi connectivity index (χ0) is 12.2. The van der Waals surface area contributed by atoms with E-state index in [1.165, 1.54) is 16.6 Å². The number of aromatic nitrogens is 1. The number of hydrogen-bond donors (Lipinski definition) is 0.